The van der Waals surface area contributed by atoms with E-state index in [0.717, 1.165) is 18.5 Å². The molecule has 0 spiro atoms. The number of para-hydroxylation sites is 1. The second-order valence-corrected chi connectivity index (χ2v) is 4.96. The number of rotatable bonds is 5. The van der Waals surface area contributed by atoms with E-state index in [-0.39, 0.29) is 5.91 Å². The van der Waals surface area contributed by atoms with E-state index in [2.05, 4.69) is 31.2 Å². The Morgan fingerprint density at radius 2 is 1.55 bits per heavy atom. The number of aryl methyl sites for hydroxylation is 2. The number of anilines is 1. The molecule has 0 aliphatic carbocycles. The van der Waals surface area contributed by atoms with Crippen LogP contribution in [-0.4, -0.2) is 13.0 Å². The van der Waals surface area contributed by atoms with E-state index in [1.165, 1.54) is 11.1 Å². The fourth-order valence-corrected chi connectivity index (χ4v) is 2.16. The Kier molecular flexibility index (Phi) is 4.94. The average molecular weight is 267 g/mol. The van der Waals surface area contributed by atoms with Crippen molar-refractivity contribution in [2.75, 3.05) is 11.9 Å². The molecule has 2 aromatic rings. The van der Waals surface area contributed by atoms with Gasteiger partial charge in [0.15, 0.2) is 0 Å². The first-order valence-electron chi connectivity index (χ1n) is 7.10. The number of carbonyl (C=O) groups excluding carboxylic acids is 1. The molecule has 0 radical (unpaired) electrons. The van der Waals surface area contributed by atoms with Gasteiger partial charge in [0, 0.05) is 19.2 Å². The Morgan fingerprint density at radius 3 is 2.15 bits per heavy atom. The molecule has 0 heterocycles. The number of amides is 1. The smallest absolute Gasteiger partial charge is 0.227 e. The van der Waals surface area contributed by atoms with E-state index < -0.39 is 0 Å². The van der Waals surface area contributed by atoms with E-state index in [1.54, 1.807) is 4.90 Å². The van der Waals surface area contributed by atoms with Crippen molar-refractivity contribution in [3.05, 3.63) is 65.7 Å². The maximum absolute atomic E-state index is 12.2. The van der Waals surface area contributed by atoms with Crippen molar-refractivity contribution in [3.8, 4) is 0 Å². The molecule has 0 N–H and O–H groups in total. The van der Waals surface area contributed by atoms with Gasteiger partial charge < -0.3 is 4.90 Å². The van der Waals surface area contributed by atoms with Crippen LogP contribution in [0.15, 0.2) is 54.6 Å². The number of hydrogen-bond acceptors (Lipinski definition) is 1. The molecule has 2 nitrogen and oxygen atoms in total. The topological polar surface area (TPSA) is 20.3 Å². The SMILES string of the molecule is CCc1ccc(CCC(=O)N(C)c2ccccc2)cc1. The summed E-state index contributed by atoms with van der Waals surface area (Å²) in [5.74, 6) is 0.149. The quantitative estimate of drug-likeness (QED) is 0.806. The molecule has 0 atom stereocenters. The zero-order valence-electron chi connectivity index (χ0n) is 12.2. The van der Waals surface area contributed by atoms with Crippen LogP contribution < -0.4 is 4.90 Å². The minimum absolute atomic E-state index is 0.149. The van der Waals surface area contributed by atoms with Crippen LogP contribution in [0.3, 0.4) is 0 Å². The van der Waals surface area contributed by atoms with Gasteiger partial charge in [-0.15, -0.1) is 0 Å². The van der Waals surface area contributed by atoms with Gasteiger partial charge in [0.05, 0.1) is 0 Å². The Balaban J connectivity index is 1.91. The van der Waals surface area contributed by atoms with Crippen LogP contribution in [0.4, 0.5) is 5.69 Å². The molecule has 0 unspecified atom stereocenters. The van der Waals surface area contributed by atoms with Gasteiger partial charge in [0.1, 0.15) is 0 Å². The second kappa shape index (κ2) is 6.90. The fraction of sp³-hybridized carbons (Fsp3) is 0.278. The van der Waals surface area contributed by atoms with Gasteiger partial charge in [0.2, 0.25) is 5.91 Å². The lowest BCUT2D eigenvalue weighted by Crippen LogP contribution is -2.26. The highest BCUT2D eigenvalue weighted by molar-refractivity contribution is 5.92. The predicted octanol–water partition coefficient (Wildman–Crippen LogP) is 3.84. The summed E-state index contributed by atoms with van der Waals surface area (Å²) in [6, 6.07) is 18.3. The predicted molar refractivity (Wildman–Crippen MR) is 84.0 cm³/mol. The monoisotopic (exact) mass is 267 g/mol. The molecule has 2 heteroatoms. The van der Waals surface area contributed by atoms with E-state index in [9.17, 15) is 4.79 Å². The van der Waals surface area contributed by atoms with Crippen LogP contribution >= 0.6 is 0 Å². The van der Waals surface area contributed by atoms with E-state index in [0.29, 0.717) is 6.42 Å². The summed E-state index contributed by atoms with van der Waals surface area (Å²) in [6.45, 7) is 2.15. The Hall–Kier alpha value is -2.09. The maximum atomic E-state index is 12.2. The number of hydrogen-bond donors (Lipinski definition) is 0. The highest BCUT2D eigenvalue weighted by Crippen LogP contribution is 2.14. The molecule has 0 aliphatic heterocycles. The van der Waals surface area contributed by atoms with E-state index in [1.807, 2.05) is 37.4 Å². The second-order valence-electron chi connectivity index (χ2n) is 4.96. The molecule has 0 fully saturated rings. The van der Waals surface area contributed by atoms with Gasteiger partial charge in [-0.1, -0.05) is 49.4 Å². The number of carbonyl (C=O) groups is 1. The van der Waals surface area contributed by atoms with Crippen molar-refractivity contribution in [1.82, 2.24) is 0 Å². The fourth-order valence-electron chi connectivity index (χ4n) is 2.16. The molecule has 0 saturated heterocycles. The van der Waals surface area contributed by atoms with Gasteiger partial charge >= 0.3 is 0 Å². The molecule has 2 rings (SSSR count). The van der Waals surface area contributed by atoms with Crippen molar-refractivity contribution in [3.63, 3.8) is 0 Å². The Morgan fingerprint density at radius 1 is 0.950 bits per heavy atom. The van der Waals surface area contributed by atoms with Crippen molar-refractivity contribution < 1.29 is 4.79 Å². The number of nitrogens with zero attached hydrogens (tertiary/aromatic N) is 1. The summed E-state index contributed by atoms with van der Waals surface area (Å²) in [5.41, 5.74) is 3.50. The van der Waals surface area contributed by atoms with Crippen LogP contribution in [0, 0.1) is 0 Å². The van der Waals surface area contributed by atoms with Gasteiger partial charge in [-0.05, 0) is 36.1 Å². The van der Waals surface area contributed by atoms with Gasteiger partial charge in [-0.2, -0.15) is 0 Å². The number of benzene rings is 2. The molecule has 0 aromatic heterocycles. The molecular weight excluding hydrogens is 246 g/mol. The van der Waals surface area contributed by atoms with E-state index in [4.69, 9.17) is 0 Å². The van der Waals surface area contributed by atoms with Crippen molar-refractivity contribution in [2.45, 2.75) is 26.2 Å². The van der Waals surface area contributed by atoms with Crippen LogP contribution in [0.2, 0.25) is 0 Å². The van der Waals surface area contributed by atoms with Crippen LogP contribution in [0.25, 0.3) is 0 Å². The zero-order chi connectivity index (χ0) is 14.4. The molecule has 1 amide bonds. The zero-order valence-corrected chi connectivity index (χ0v) is 12.2. The lowest BCUT2D eigenvalue weighted by atomic mass is 10.1. The van der Waals surface area contributed by atoms with Crippen LogP contribution in [0.5, 0.6) is 0 Å². The van der Waals surface area contributed by atoms with Crippen molar-refractivity contribution in [1.29, 1.82) is 0 Å². The Bertz CT molecular complexity index is 545. The van der Waals surface area contributed by atoms with Crippen molar-refractivity contribution >= 4 is 11.6 Å². The van der Waals surface area contributed by atoms with Crippen LogP contribution in [-0.2, 0) is 17.6 Å². The minimum atomic E-state index is 0.149. The summed E-state index contributed by atoms with van der Waals surface area (Å²) in [7, 11) is 1.83. The first-order valence-corrected chi connectivity index (χ1v) is 7.10. The third-order valence-corrected chi connectivity index (χ3v) is 3.58. The molecular formula is C18H21NO. The first-order chi connectivity index (χ1) is 9.70. The molecule has 0 bridgehead atoms. The summed E-state index contributed by atoms with van der Waals surface area (Å²) in [6.07, 6.45) is 2.38. The molecule has 2 aromatic carbocycles. The maximum Gasteiger partial charge on any atom is 0.227 e. The third-order valence-electron chi connectivity index (χ3n) is 3.58. The largest absolute Gasteiger partial charge is 0.315 e. The highest BCUT2D eigenvalue weighted by atomic mass is 16.2. The highest BCUT2D eigenvalue weighted by Gasteiger charge is 2.10. The Labute approximate surface area is 121 Å². The van der Waals surface area contributed by atoms with Gasteiger partial charge in [-0.3, -0.25) is 4.79 Å². The lowest BCUT2D eigenvalue weighted by molar-refractivity contribution is -0.118. The third kappa shape index (κ3) is 3.70. The average Bonchev–Trinajstić information content (AvgIpc) is 2.53. The first kappa shape index (κ1) is 14.3. The minimum Gasteiger partial charge on any atom is -0.315 e. The lowest BCUT2D eigenvalue weighted by Gasteiger charge is -2.17. The normalized spacial score (nSPS) is 10.3. The van der Waals surface area contributed by atoms with E-state index >= 15 is 0 Å². The summed E-state index contributed by atoms with van der Waals surface area (Å²) < 4.78 is 0. The van der Waals surface area contributed by atoms with Gasteiger partial charge in [-0.25, -0.2) is 0 Å². The molecule has 0 saturated carbocycles. The molecule has 104 valence electrons. The van der Waals surface area contributed by atoms with Gasteiger partial charge in [0.25, 0.3) is 0 Å². The molecule has 20 heavy (non-hydrogen) atoms. The molecule has 0 aliphatic rings. The summed E-state index contributed by atoms with van der Waals surface area (Å²) in [5, 5.41) is 0. The standard InChI is InChI=1S/C18H21NO/c1-3-15-9-11-16(12-10-15)13-14-18(20)19(2)17-7-5-4-6-8-17/h4-12H,3,13-14H2,1-2H3. The van der Waals surface area contributed by atoms with Crippen LogP contribution in [0.1, 0.15) is 24.5 Å². The van der Waals surface area contributed by atoms with Crippen molar-refractivity contribution in [2.24, 2.45) is 0 Å². The summed E-state index contributed by atoms with van der Waals surface area (Å²) in [4.78, 5) is 13.9. The summed E-state index contributed by atoms with van der Waals surface area (Å²) >= 11 is 0.